The van der Waals surface area contributed by atoms with E-state index >= 15 is 0 Å². The molecule has 0 unspecified atom stereocenters. The van der Waals surface area contributed by atoms with E-state index in [4.69, 9.17) is 9.47 Å². The van der Waals surface area contributed by atoms with Gasteiger partial charge in [-0.05, 0) is 30.7 Å². The number of ether oxygens (including phenoxy) is 2. The molecule has 0 bridgehead atoms. The standard InChI is InChI=1S/C20H27NO4/c1-4-5-11-16-12-17(25-19(16)22)18(14(2)3)21-20(23)24-13-15-9-7-6-8-10-15/h4,6-10,14,16-18H,1,5,11-13H2,2-3H3,(H,21,23)/t16-,17-,18-/m0/s1. The number of cyclic esters (lactones) is 1. The van der Waals surface area contributed by atoms with E-state index in [1.165, 1.54) is 0 Å². The van der Waals surface area contributed by atoms with Crippen molar-refractivity contribution in [3.05, 3.63) is 48.6 Å². The number of carbonyl (C=O) groups excluding carboxylic acids is 2. The highest BCUT2D eigenvalue weighted by atomic mass is 16.6. The van der Waals surface area contributed by atoms with Crippen LogP contribution in [0.5, 0.6) is 0 Å². The topological polar surface area (TPSA) is 64.6 Å². The van der Waals surface area contributed by atoms with Crippen LogP contribution in [-0.4, -0.2) is 24.2 Å². The first-order valence-electron chi connectivity index (χ1n) is 8.80. The average Bonchev–Trinajstić information content (AvgIpc) is 2.97. The van der Waals surface area contributed by atoms with E-state index in [1.54, 1.807) is 6.08 Å². The molecule has 1 N–H and O–H groups in total. The van der Waals surface area contributed by atoms with Gasteiger partial charge in [0.05, 0.1) is 12.0 Å². The van der Waals surface area contributed by atoms with Crippen molar-refractivity contribution in [1.82, 2.24) is 5.32 Å². The largest absolute Gasteiger partial charge is 0.460 e. The summed E-state index contributed by atoms with van der Waals surface area (Å²) in [7, 11) is 0. The summed E-state index contributed by atoms with van der Waals surface area (Å²) < 4.78 is 10.8. The number of hydrogen-bond acceptors (Lipinski definition) is 4. The van der Waals surface area contributed by atoms with Crippen LogP contribution < -0.4 is 5.32 Å². The third-order valence-corrected chi connectivity index (χ3v) is 4.45. The first-order chi connectivity index (χ1) is 12.0. The maximum Gasteiger partial charge on any atom is 0.407 e. The van der Waals surface area contributed by atoms with Gasteiger partial charge in [0.1, 0.15) is 12.7 Å². The highest BCUT2D eigenvalue weighted by Crippen LogP contribution is 2.29. The first-order valence-corrected chi connectivity index (χ1v) is 8.80. The molecule has 1 fully saturated rings. The summed E-state index contributed by atoms with van der Waals surface area (Å²) in [6.45, 7) is 7.89. The number of allylic oxidation sites excluding steroid dienone is 1. The Labute approximate surface area is 149 Å². The fourth-order valence-corrected chi connectivity index (χ4v) is 3.03. The minimum Gasteiger partial charge on any atom is -0.460 e. The van der Waals surface area contributed by atoms with Crippen molar-refractivity contribution in [2.24, 2.45) is 11.8 Å². The molecule has 25 heavy (non-hydrogen) atoms. The van der Waals surface area contributed by atoms with E-state index in [9.17, 15) is 9.59 Å². The Morgan fingerprint density at radius 3 is 2.76 bits per heavy atom. The summed E-state index contributed by atoms with van der Waals surface area (Å²) in [6, 6.07) is 9.24. The van der Waals surface area contributed by atoms with E-state index in [-0.39, 0.29) is 36.6 Å². The molecule has 1 aromatic carbocycles. The van der Waals surface area contributed by atoms with Crippen molar-refractivity contribution < 1.29 is 19.1 Å². The van der Waals surface area contributed by atoms with Crippen molar-refractivity contribution in [3.8, 4) is 0 Å². The third-order valence-electron chi connectivity index (χ3n) is 4.45. The Kier molecular flexibility index (Phi) is 7.04. The molecule has 5 nitrogen and oxygen atoms in total. The van der Waals surface area contributed by atoms with Crippen LogP contribution in [0.25, 0.3) is 0 Å². The van der Waals surface area contributed by atoms with Gasteiger partial charge in [-0.2, -0.15) is 0 Å². The van der Waals surface area contributed by atoms with Gasteiger partial charge in [-0.3, -0.25) is 4.79 Å². The van der Waals surface area contributed by atoms with E-state index in [1.807, 2.05) is 44.2 Å². The van der Waals surface area contributed by atoms with Crippen molar-refractivity contribution in [3.63, 3.8) is 0 Å². The summed E-state index contributed by atoms with van der Waals surface area (Å²) in [5, 5.41) is 2.87. The highest BCUT2D eigenvalue weighted by molar-refractivity contribution is 5.75. The van der Waals surface area contributed by atoms with Crippen LogP contribution in [0.4, 0.5) is 4.79 Å². The van der Waals surface area contributed by atoms with Crippen molar-refractivity contribution in [1.29, 1.82) is 0 Å². The fourth-order valence-electron chi connectivity index (χ4n) is 3.03. The maximum absolute atomic E-state index is 12.1. The molecule has 0 aromatic heterocycles. The molecule has 1 aliphatic heterocycles. The zero-order valence-corrected chi connectivity index (χ0v) is 14.9. The van der Waals surface area contributed by atoms with Crippen molar-refractivity contribution in [2.45, 2.75) is 51.9 Å². The number of hydrogen-bond donors (Lipinski definition) is 1. The zero-order valence-electron chi connectivity index (χ0n) is 14.9. The molecule has 5 heteroatoms. The van der Waals surface area contributed by atoms with Crippen LogP contribution >= 0.6 is 0 Å². The van der Waals surface area contributed by atoms with E-state index in [2.05, 4.69) is 11.9 Å². The monoisotopic (exact) mass is 345 g/mol. The molecule has 2 rings (SSSR count). The summed E-state index contributed by atoms with van der Waals surface area (Å²) in [4.78, 5) is 24.1. The molecule has 0 aliphatic carbocycles. The third kappa shape index (κ3) is 5.62. The summed E-state index contributed by atoms with van der Waals surface area (Å²) in [5.74, 6) is -0.177. The Hall–Kier alpha value is -2.30. The van der Waals surface area contributed by atoms with Gasteiger partial charge in [-0.1, -0.05) is 50.3 Å². The van der Waals surface area contributed by atoms with Gasteiger partial charge in [0.25, 0.3) is 0 Å². The van der Waals surface area contributed by atoms with Gasteiger partial charge in [-0.25, -0.2) is 4.79 Å². The minimum atomic E-state index is -0.492. The van der Waals surface area contributed by atoms with E-state index < -0.39 is 6.09 Å². The van der Waals surface area contributed by atoms with Gasteiger partial charge in [0, 0.05) is 0 Å². The summed E-state index contributed by atoms with van der Waals surface area (Å²) >= 11 is 0. The van der Waals surface area contributed by atoms with Gasteiger partial charge in [0.2, 0.25) is 0 Å². The van der Waals surface area contributed by atoms with Gasteiger partial charge >= 0.3 is 12.1 Å². The second kappa shape index (κ2) is 9.25. The molecule has 1 aliphatic rings. The van der Waals surface area contributed by atoms with Crippen molar-refractivity contribution >= 4 is 12.1 Å². The molecule has 1 heterocycles. The predicted octanol–water partition coefficient (Wildman–Crippen LogP) is 3.84. The smallest absolute Gasteiger partial charge is 0.407 e. The normalized spacial score (nSPS) is 20.8. The van der Waals surface area contributed by atoms with Crippen LogP contribution in [0.15, 0.2) is 43.0 Å². The SMILES string of the molecule is C=CCC[C@H]1C[C@@H]([C@@H](NC(=O)OCc2ccccc2)C(C)C)OC1=O. The number of alkyl carbamates (subject to hydrolysis) is 1. The zero-order chi connectivity index (χ0) is 18.2. The van der Waals surface area contributed by atoms with Gasteiger partial charge in [0.15, 0.2) is 0 Å². The van der Waals surface area contributed by atoms with Crippen LogP contribution in [-0.2, 0) is 20.9 Å². The molecule has 0 saturated carbocycles. The second-order valence-corrected chi connectivity index (χ2v) is 6.75. The molecular formula is C20H27NO4. The Bertz CT molecular complexity index is 585. The lowest BCUT2D eigenvalue weighted by molar-refractivity contribution is -0.145. The van der Waals surface area contributed by atoms with Crippen LogP contribution in [0, 0.1) is 11.8 Å². The summed E-state index contributed by atoms with van der Waals surface area (Å²) in [6.07, 6.45) is 3.14. The molecule has 1 aromatic rings. The first kappa shape index (κ1) is 19.0. The lowest BCUT2D eigenvalue weighted by atomic mass is 9.91. The number of carbonyl (C=O) groups is 2. The highest BCUT2D eigenvalue weighted by Gasteiger charge is 2.40. The Morgan fingerprint density at radius 1 is 1.40 bits per heavy atom. The Balaban J connectivity index is 1.88. The maximum atomic E-state index is 12.1. The lowest BCUT2D eigenvalue weighted by Crippen LogP contribution is -2.46. The molecular weight excluding hydrogens is 318 g/mol. The van der Waals surface area contributed by atoms with E-state index in [0.717, 1.165) is 18.4 Å². The van der Waals surface area contributed by atoms with Crippen LogP contribution in [0.3, 0.4) is 0 Å². The number of esters is 1. The minimum absolute atomic E-state index is 0.119. The molecule has 1 saturated heterocycles. The van der Waals surface area contributed by atoms with Crippen molar-refractivity contribution in [2.75, 3.05) is 0 Å². The molecule has 136 valence electrons. The average molecular weight is 345 g/mol. The van der Waals surface area contributed by atoms with Gasteiger partial charge in [-0.15, -0.1) is 6.58 Å². The number of amides is 1. The second-order valence-electron chi connectivity index (χ2n) is 6.75. The van der Waals surface area contributed by atoms with Crippen LogP contribution in [0.1, 0.15) is 38.7 Å². The molecule has 1 amide bonds. The van der Waals surface area contributed by atoms with Crippen LogP contribution in [0.2, 0.25) is 0 Å². The number of rotatable bonds is 8. The van der Waals surface area contributed by atoms with Gasteiger partial charge < -0.3 is 14.8 Å². The Morgan fingerprint density at radius 2 is 2.12 bits per heavy atom. The molecule has 0 radical (unpaired) electrons. The predicted molar refractivity (Wildman–Crippen MR) is 95.8 cm³/mol. The fraction of sp³-hybridized carbons (Fsp3) is 0.500. The lowest BCUT2D eigenvalue weighted by Gasteiger charge is -2.26. The number of nitrogens with one attached hydrogen (secondary N) is 1. The quantitative estimate of drug-likeness (QED) is 0.574. The van der Waals surface area contributed by atoms with E-state index in [0.29, 0.717) is 6.42 Å². The summed E-state index contributed by atoms with van der Waals surface area (Å²) in [5.41, 5.74) is 0.926. The molecule has 0 spiro atoms. The number of benzene rings is 1. The molecule has 3 atom stereocenters.